The Balaban J connectivity index is 2.86. The molecule has 4 unspecified atom stereocenters. The molecule has 8 nitrogen and oxygen atoms in total. The number of oxime groups is 1. The third-order valence-corrected chi connectivity index (χ3v) is 2.25. The molecule has 8 heteroatoms. The second-order valence-corrected chi connectivity index (χ2v) is 3.44. The summed E-state index contributed by atoms with van der Waals surface area (Å²) in [6.45, 7) is 0.649. The summed E-state index contributed by atoms with van der Waals surface area (Å²) in [6.07, 6.45) is -3.89. The molecule has 0 aromatic rings. The van der Waals surface area contributed by atoms with Crippen molar-refractivity contribution in [3.05, 3.63) is 0 Å². The standard InChI is InChI=1S/C8H14N2O6/c1-3(12)9-5-7(14)6(13)4(2-11)16-8(5)10-15/h4-7,11,13-15H,2H2,1H3,(H,9,12)/b10-8-. The van der Waals surface area contributed by atoms with E-state index in [1.807, 2.05) is 0 Å². The minimum absolute atomic E-state index is 0.355. The number of hydrogen-bond acceptors (Lipinski definition) is 7. The molecule has 0 saturated carbocycles. The number of rotatable bonds is 2. The van der Waals surface area contributed by atoms with Gasteiger partial charge in [0.15, 0.2) is 6.10 Å². The number of aliphatic hydroxyl groups excluding tert-OH is 3. The van der Waals surface area contributed by atoms with Crippen molar-refractivity contribution in [1.29, 1.82) is 0 Å². The van der Waals surface area contributed by atoms with E-state index in [1.54, 1.807) is 0 Å². The molecule has 0 aromatic carbocycles. The molecule has 1 heterocycles. The van der Waals surface area contributed by atoms with E-state index in [1.165, 1.54) is 6.92 Å². The van der Waals surface area contributed by atoms with E-state index in [4.69, 9.17) is 15.1 Å². The zero-order valence-electron chi connectivity index (χ0n) is 8.57. The highest BCUT2D eigenvalue weighted by molar-refractivity contribution is 5.88. The summed E-state index contributed by atoms with van der Waals surface area (Å²) in [5, 5.41) is 41.6. The van der Waals surface area contributed by atoms with E-state index >= 15 is 0 Å². The topological polar surface area (TPSA) is 132 Å². The zero-order valence-corrected chi connectivity index (χ0v) is 8.57. The minimum atomic E-state index is -1.42. The van der Waals surface area contributed by atoms with Gasteiger partial charge in [-0.15, -0.1) is 0 Å². The Morgan fingerprint density at radius 3 is 2.56 bits per heavy atom. The van der Waals surface area contributed by atoms with Crippen molar-refractivity contribution < 1.29 is 30.1 Å². The van der Waals surface area contributed by atoms with Crippen LogP contribution >= 0.6 is 0 Å². The molecule has 0 bridgehead atoms. The normalized spacial score (nSPS) is 36.9. The van der Waals surface area contributed by atoms with Crippen molar-refractivity contribution in [3.63, 3.8) is 0 Å². The average Bonchev–Trinajstić information content (AvgIpc) is 2.25. The fourth-order valence-corrected chi connectivity index (χ4v) is 1.46. The Morgan fingerprint density at radius 1 is 1.50 bits per heavy atom. The summed E-state index contributed by atoms with van der Waals surface area (Å²) in [5.74, 6) is -0.838. The third kappa shape index (κ3) is 2.40. The second-order valence-electron chi connectivity index (χ2n) is 3.44. The molecule has 16 heavy (non-hydrogen) atoms. The van der Waals surface area contributed by atoms with Gasteiger partial charge in [0.1, 0.15) is 18.2 Å². The number of nitrogens with one attached hydrogen (secondary N) is 1. The molecule has 1 aliphatic rings. The van der Waals surface area contributed by atoms with Gasteiger partial charge in [-0.05, 0) is 0 Å². The van der Waals surface area contributed by atoms with Crippen molar-refractivity contribution in [2.45, 2.75) is 31.3 Å². The van der Waals surface area contributed by atoms with Crippen molar-refractivity contribution in [3.8, 4) is 0 Å². The van der Waals surface area contributed by atoms with Gasteiger partial charge in [-0.1, -0.05) is 5.16 Å². The van der Waals surface area contributed by atoms with Gasteiger partial charge < -0.3 is 30.6 Å². The van der Waals surface area contributed by atoms with Gasteiger partial charge in [0.05, 0.1) is 6.61 Å². The smallest absolute Gasteiger partial charge is 0.251 e. The van der Waals surface area contributed by atoms with Crippen molar-refractivity contribution in [1.82, 2.24) is 5.32 Å². The maximum absolute atomic E-state index is 10.8. The van der Waals surface area contributed by atoms with Crippen LogP contribution in [0.25, 0.3) is 0 Å². The molecule has 1 fully saturated rings. The molecule has 1 saturated heterocycles. The number of amides is 1. The van der Waals surface area contributed by atoms with Gasteiger partial charge in [-0.25, -0.2) is 0 Å². The molecule has 0 radical (unpaired) electrons. The van der Waals surface area contributed by atoms with Crippen molar-refractivity contribution >= 4 is 11.8 Å². The number of aliphatic hydroxyl groups is 3. The van der Waals surface area contributed by atoms with Crippen LogP contribution < -0.4 is 5.32 Å². The summed E-state index contributed by atoms with van der Waals surface area (Å²) in [7, 11) is 0. The Bertz CT molecular complexity index is 294. The van der Waals surface area contributed by atoms with Crippen molar-refractivity contribution in [2.24, 2.45) is 5.16 Å². The summed E-state index contributed by atoms with van der Waals surface area (Å²) in [6, 6.07) is -1.14. The molecular formula is C8H14N2O6. The first-order valence-electron chi connectivity index (χ1n) is 4.64. The van der Waals surface area contributed by atoms with E-state index in [-0.39, 0.29) is 5.90 Å². The van der Waals surface area contributed by atoms with E-state index < -0.39 is 36.9 Å². The first-order valence-corrected chi connectivity index (χ1v) is 4.64. The molecule has 1 amide bonds. The van der Waals surface area contributed by atoms with Crippen LogP contribution in [0.5, 0.6) is 0 Å². The number of carbonyl (C=O) groups excluding carboxylic acids is 1. The maximum atomic E-state index is 10.8. The Hall–Kier alpha value is -1.38. The number of hydrogen-bond donors (Lipinski definition) is 5. The van der Waals surface area contributed by atoms with Crippen LogP contribution in [0.2, 0.25) is 0 Å². The van der Waals surface area contributed by atoms with Gasteiger partial charge in [-0.3, -0.25) is 4.79 Å². The Labute approximate surface area is 91.1 Å². The molecule has 1 aliphatic heterocycles. The third-order valence-electron chi connectivity index (χ3n) is 2.25. The van der Waals surface area contributed by atoms with Crippen LogP contribution in [0.15, 0.2) is 5.16 Å². The Morgan fingerprint density at radius 2 is 2.12 bits per heavy atom. The van der Waals surface area contributed by atoms with Crippen LogP contribution in [0.1, 0.15) is 6.92 Å². The largest absolute Gasteiger partial charge is 0.468 e. The fraction of sp³-hybridized carbons (Fsp3) is 0.750. The predicted octanol–water partition coefficient (Wildman–Crippen LogP) is -2.61. The molecule has 4 atom stereocenters. The molecule has 0 aromatic heterocycles. The van der Waals surface area contributed by atoms with Crippen LogP contribution in [0.3, 0.4) is 0 Å². The molecule has 1 rings (SSSR count). The first-order chi connectivity index (χ1) is 7.51. The lowest BCUT2D eigenvalue weighted by molar-refractivity contribution is -0.126. The summed E-state index contributed by atoms with van der Waals surface area (Å²) < 4.78 is 4.91. The van der Waals surface area contributed by atoms with Crippen LogP contribution in [0, 0.1) is 0 Å². The van der Waals surface area contributed by atoms with Gasteiger partial charge in [-0.2, -0.15) is 0 Å². The molecule has 0 spiro atoms. The van der Waals surface area contributed by atoms with Crippen LogP contribution in [-0.2, 0) is 9.53 Å². The monoisotopic (exact) mass is 234 g/mol. The lowest BCUT2D eigenvalue weighted by atomic mass is 9.97. The van der Waals surface area contributed by atoms with Gasteiger partial charge in [0.2, 0.25) is 5.91 Å². The summed E-state index contributed by atoms with van der Waals surface area (Å²) in [5.41, 5.74) is 0. The molecule has 0 aliphatic carbocycles. The van der Waals surface area contributed by atoms with E-state index in [0.717, 1.165) is 0 Å². The highest BCUT2D eigenvalue weighted by Gasteiger charge is 2.43. The zero-order chi connectivity index (χ0) is 12.3. The second kappa shape index (κ2) is 5.10. The quantitative estimate of drug-likeness (QED) is 0.263. The van der Waals surface area contributed by atoms with Crippen LogP contribution in [0.4, 0.5) is 0 Å². The lowest BCUT2D eigenvalue weighted by Gasteiger charge is -2.37. The van der Waals surface area contributed by atoms with Gasteiger partial charge in [0, 0.05) is 6.92 Å². The Kier molecular flexibility index (Phi) is 4.05. The van der Waals surface area contributed by atoms with Crippen molar-refractivity contribution in [2.75, 3.05) is 6.61 Å². The molecule has 5 N–H and O–H groups in total. The van der Waals surface area contributed by atoms with E-state index in [0.29, 0.717) is 0 Å². The van der Waals surface area contributed by atoms with E-state index in [9.17, 15) is 15.0 Å². The van der Waals surface area contributed by atoms with Crippen LogP contribution in [-0.4, -0.2) is 63.3 Å². The summed E-state index contributed by atoms with van der Waals surface area (Å²) in [4.78, 5) is 10.8. The number of nitrogens with zero attached hydrogens (tertiary/aromatic N) is 1. The first kappa shape index (κ1) is 12.7. The average molecular weight is 234 g/mol. The number of ether oxygens (including phenoxy) is 1. The van der Waals surface area contributed by atoms with E-state index in [2.05, 4.69) is 10.5 Å². The number of carbonyl (C=O) groups is 1. The highest BCUT2D eigenvalue weighted by atomic mass is 16.6. The molecular weight excluding hydrogens is 220 g/mol. The maximum Gasteiger partial charge on any atom is 0.251 e. The lowest BCUT2D eigenvalue weighted by Crippen LogP contribution is -2.62. The van der Waals surface area contributed by atoms with Gasteiger partial charge >= 0.3 is 0 Å². The predicted molar refractivity (Wildman–Crippen MR) is 50.8 cm³/mol. The molecule has 92 valence electrons. The summed E-state index contributed by atoms with van der Waals surface area (Å²) >= 11 is 0. The fourth-order valence-electron chi connectivity index (χ4n) is 1.46. The minimum Gasteiger partial charge on any atom is -0.468 e. The van der Waals surface area contributed by atoms with Gasteiger partial charge in [0.25, 0.3) is 5.90 Å². The highest BCUT2D eigenvalue weighted by Crippen LogP contribution is 2.17. The SMILES string of the molecule is CC(=O)NC1/C(=N/O)OC(CO)C(O)C1O.